The monoisotopic (exact) mass is 283 g/mol. The van der Waals surface area contributed by atoms with Crippen LogP contribution in [0.1, 0.15) is 17.9 Å². The molecule has 1 aromatic carbocycles. The Balaban J connectivity index is 1.93. The number of halogens is 1. The second kappa shape index (κ2) is 3.93. The number of benzene rings is 1. The van der Waals surface area contributed by atoms with Crippen molar-refractivity contribution in [1.82, 2.24) is 0 Å². The van der Waals surface area contributed by atoms with Gasteiger partial charge in [-0.05, 0) is 58.4 Å². The van der Waals surface area contributed by atoms with E-state index < -0.39 is 0 Å². The van der Waals surface area contributed by atoms with Crippen LogP contribution in [-0.2, 0) is 0 Å². The molecule has 4 heteroatoms. The fourth-order valence-corrected chi connectivity index (χ4v) is 2.84. The van der Waals surface area contributed by atoms with Crippen molar-refractivity contribution in [1.29, 1.82) is 0 Å². The highest BCUT2D eigenvalue weighted by Crippen LogP contribution is 2.50. The summed E-state index contributed by atoms with van der Waals surface area (Å²) in [7, 11) is 0. The zero-order valence-electron chi connectivity index (χ0n) is 8.91. The van der Waals surface area contributed by atoms with E-state index in [2.05, 4.69) is 28.1 Å². The molecule has 1 heterocycles. The Morgan fingerprint density at radius 2 is 2.12 bits per heavy atom. The number of nitrogens with two attached hydrogens (primary N) is 1. The molecule has 16 heavy (non-hydrogen) atoms. The van der Waals surface area contributed by atoms with Gasteiger partial charge in [0.15, 0.2) is 11.5 Å². The van der Waals surface area contributed by atoms with E-state index in [9.17, 15) is 0 Å². The van der Waals surface area contributed by atoms with Crippen molar-refractivity contribution in [2.24, 2.45) is 11.7 Å². The SMILES string of the molecule is NC[C@@H]1C[C@H]1c1cc(Br)c2c(c1)OCCO2. The summed E-state index contributed by atoms with van der Waals surface area (Å²) in [5.74, 6) is 2.95. The van der Waals surface area contributed by atoms with Gasteiger partial charge >= 0.3 is 0 Å². The molecule has 0 amide bonds. The highest BCUT2D eigenvalue weighted by molar-refractivity contribution is 9.10. The van der Waals surface area contributed by atoms with Gasteiger partial charge in [0.25, 0.3) is 0 Å². The molecule has 3 rings (SSSR count). The van der Waals surface area contributed by atoms with Crippen molar-refractivity contribution in [3.05, 3.63) is 22.2 Å². The first kappa shape index (κ1) is 10.4. The number of ether oxygens (including phenoxy) is 2. The molecule has 3 nitrogen and oxygen atoms in total. The Morgan fingerprint density at radius 3 is 2.88 bits per heavy atom. The van der Waals surface area contributed by atoms with Gasteiger partial charge in [-0.1, -0.05) is 0 Å². The van der Waals surface area contributed by atoms with Crippen LogP contribution in [0.4, 0.5) is 0 Å². The third-order valence-electron chi connectivity index (χ3n) is 3.27. The van der Waals surface area contributed by atoms with Gasteiger partial charge < -0.3 is 15.2 Å². The second-order valence-corrected chi connectivity index (χ2v) is 5.22. The van der Waals surface area contributed by atoms with Crippen molar-refractivity contribution in [3.8, 4) is 11.5 Å². The summed E-state index contributed by atoms with van der Waals surface area (Å²) in [5.41, 5.74) is 6.98. The summed E-state index contributed by atoms with van der Waals surface area (Å²) in [6.07, 6.45) is 1.20. The van der Waals surface area contributed by atoms with E-state index in [1.165, 1.54) is 12.0 Å². The van der Waals surface area contributed by atoms with Crippen molar-refractivity contribution >= 4 is 15.9 Å². The van der Waals surface area contributed by atoms with E-state index in [1.807, 2.05) is 0 Å². The fraction of sp³-hybridized carbons (Fsp3) is 0.500. The molecule has 0 radical (unpaired) electrons. The highest BCUT2D eigenvalue weighted by Gasteiger charge is 2.37. The van der Waals surface area contributed by atoms with Crippen molar-refractivity contribution < 1.29 is 9.47 Å². The molecule has 1 saturated carbocycles. The van der Waals surface area contributed by atoms with Gasteiger partial charge in [0.2, 0.25) is 0 Å². The van der Waals surface area contributed by atoms with Gasteiger partial charge in [0.1, 0.15) is 13.2 Å². The van der Waals surface area contributed by atoms with Crippen LogP contribution in [0.15, 0.2) is 16.6 Å². The predicted molar refractivity (Wildman–Crippen MR) is 65.0 cm³/mol. The number of hydrogen-bond donors (Lipinski definition) is 1. The first-order valence-corrected chi connectivity index (χ1v) is 6.38. The Labute approximate surface area is 103 Å². The molecule has 1 aliphatic heterocycles. The lowest BCUT2D eigenvalue weighted by atomic mass is 10.1. The molecule has 0 aromatic heterocycles. The minimum absolute atomic E-state index is 0.608. The molecule has 2 aliphatic rings. The summed E-state index contributed by atoms with van der Waals surface area (Å²) in [5, 5.41) is 0. The molecule has 2 N–H and O–H groups in total. The van der Waals surface area contributed by atoms with E-state index >= 15 is 0 Å². The number of rotatable bonds is 2. The Morgan fingerprint density at radius 1 is 1.31 bits per heavy atom. The lowest BCUT2D eigenvalue weighted by Gasteiger charge is -2.20. The van der Waals surface area contributed by atoms with E-state index in [0.29, 0.717) is 25.0 Å². The van der Waals surface area contributed by atoms with E-state index in [1.54, 1.807) is 0 Å². The molecular weight excluding hydrogens is 270 g/mol. The largest absolute Gasteiger partial charge is 0.486 e. The van der Waals surface area contributed by atoms with Gasteiger partial charge in [0, 0.05) is 0 Å². The van der Waals surface area contributed by atoms with Gasteiger partial charge in [-0.3, -0.25) is 0 Å². The van der Waals surface area contributed by atoms with E-state index in [-0.39, 0.29) is 0 Å². The Hall–Kier alpha value is -0.740. The van der Waals surface area contributed by atoms with Crippen LogP contribution in [0.25, 0.3) is 0 Å². The van der Waals surface area contributed by atoms with Gasteiger partial charge in [-0.15, -0.1) is 0 Å². The van der Waals surface area contributed by atoms with Gasteiger partial charge in [-0.2, -0.15) is 0 Å². The average molecular weight is 284 g/mol. The molecule has 2 atom stereocenters. The number of fused-ring (bicyclic) bond motifs is 1. The maximum absolute atomic E-state index is 5.67. The zero-order chi connectivity index (χ0) is 11.1. The first-order chi connectivity index (χ1) is 7.79. The first-order valence-electron chi connectivity index (χ1n) is 5.58. The smallest absolute Gasteiger partial charge is 0.175 e. The number of hydrogen-bond acceptors (Lipinski definition) is 3. The molecule has 0 bridgehead atoms. The van der Waals surface area contributed by atoms with Crippen LogP contribution in [0.2, 0.25) is 0 Å². The molecule has 1 aromatic rings. The fourth-order valence-electron chi connectivity index (χ4n) is 2.26. The predicted octanol–water partition coefficient (Wildman–Crippen LogP) is 2.28. The topological polar surface area (TPSA) is 44.5 Å². The third kappa shape index (κ3) is 1.70. The van der Waals surface area contributed by atoms with Crippen molar-refractivity contribution in [2.45, 2.75) is 12.3 Å². The van der Waals surface area contributed by atoms with Crippen LogP contribution in [0, 0.1) is 5.92 Å². The minimum atomic E-state index is 0.608. The molecule has 0 spiro atoms. The van der Waals surface area contributed by atoms with Crippen LogP contribution >= 0.6 is 15.9 Å². The quantitative estimate of drug-likeness (QED) is 0.906. The minimum Gasteiger partial charge on any atom is -0.486 e. The summed E-state index contributed by atoms with van der Waals surface area (Å²) in [6.45, 7) is 2.03. The van der Waals surface area contributed by atoms with Crippen molar-refractivity contribution in [3.63, 3.8) is 0 Å². The zero-order valence-corrected chi connectivity index (χ0v) is 10.5. The summed E-state index contributed by atoms with van der Waals surface area (Å²) < 4.78 is 12.2. The lowest BCUT2D eigenvalue weighted by Crippen LogP contribution is -2.16. The maximum Gasteiger partial charge on any atom is 0.175 e. The lowest BCUT2D eigenvalue weighted by molar-refractivity contribution is 0.170. The molecule has 0 unspecified atom stereocenters. The van der Waals surface area contributed by atoms with E-state index in [4.69, 9.17) is 15.2 Å². The van der Waals surface area contributed by atoms with Crippen LogP contribution in [-0.4, -0.2) is 19.8 Å². The molecule has 1 fully saturated rings. The van der Waals surface area contributed by atoms with Crippen LogP contribution in [0.5, 0.6) is 11.5 Å². The summed E-state index contributed by atoms with van der Waals surface area (Å²) >= 11 is 3.53. The molecular formula is C12H14BrNO2. The average Bonchev–Trinajstić information content (AvgIpc) is 3.08. The normalized spacial score (nSPS) is 26.6. The van der Waals surface area contributed by atoms with Crippen LogP contribution in [0.3, 0.4) is 0 Å². The van der Waals surface area contributed by atoms with Crippen molar-refractivity contribution in [2.75, 3.05) is 19.8 Å². The van der Waals surface area contributed by atoms with Crippen LogP contribution < -0.4 is 15.2 Å². The maximum atomic E-state index is 5.67. The Kier molecular flexibility index (Phi) is 2.56. The van der Waals surface area contributed by atoms with E-state index in [0.717, 1.165) is 22.5 Å². The molecule has 1 aliphatic carbocycles. The second-order valence-electron chi connectivity index (χ2n) is 4.36. The standard InChI is InChI=1S/C12H14BrNO2/c13-10-4-7(9-3-8(9)6-14)5-11-12(10)16-2-1-15-11/h4-5,8-9H,1-3,6,14H2/t8-,9-/m0/s1. The molecule has 0 saturated heterocycles. The summed E-state index contributed by atoms with van der Waals surface area (Å²) in [4.78, 5) is 0. The highest BCUT2D eigenvalue weighted by atomic mass is 79.9. The Bertz CT molecular complexity index is 422. The summed E-state index contributed by atoms with van der Waals surface area (Å²) in [6, 6.07) is 4.23. The van der Waals surface area contributed by atoms with Gasteiger partial charge in [-0.25, -0.2) is 0 Å². The van der Waals surface area contributed by atoms with Gasteiger partial charge in [0.05, 0.1) is 4.47 Å². The molecule has 86 valence electrons. The third-order valence-corrected chi connectivity index (χ3v) is 3.86.